The van der Waals surface area contributed by atoms with Gasteiger partial charge < -0.3 is 10.4 Å². The van der Waals surface area contributed by atoms with E-state index in [1.807, 2.05) is 6.07 Å². The molecule has 0 aliphatic heterocycles. The number of amides is 1. The monoisotopic (exact) mass is 358 g/mol. The maximum Gasteiger partial charge on any atom is 0.416 e. The molecule has 0 aliphatic carbocycles. The van der Waals surface area contributed by atoms with Crippen molar-refractivity contribution in [3.8, 4) is 6.07 Å². The second-order valence-electron chi connectivity index (χ2n) is 5.15. The second kappa shape index (κ2) is 8.03. The molecule has 0 saturated heterocycles. The van der Waals surface area contributed by atoms with Crippen LogP contribution >= 0.6 is 0 Å². The molecule has 0 spiro atoms. The molecule has 0 unspecified atom stereocenters. The Bertz CT molecular complexity index is 878. The van der Waals surface area contributed by atoms with E-state index in [4.69, 9.17) is 5.26 Å². The topological polar surface area (TPSA) is 73.1 Å². The highest BCUT2D eigenvalue weighted by Gasteiger charge is 2.30. The summed E-state index contributed by atoms with van der Waals surface area (Å²) in [5, 5.41) is 21.3. The summed E-state index contributed by atoms with van der Waals surface area (Å²) < 4.78 is 37.6. The molecule has 132 valence electrons. The van der Waals surface area contributed by atoms with Crippen molar-refractivity contribution in [2.24, 2.45) is 0 Å². The predicted molar refractivity (Wildman–Crippen MR) is 90.8 cm³/mol. The first-order valence-corrected chi connectivity index (χ1v) is 7.36. The first-order chi connectivity index (χ1) is 12.3. The summed E-state index contributed by atoms with van der Waals surface area (Å²) in [7, 11) is 0. The Labute approximate surface area is 147 Å². The number of nitrogens with zero attached hydrogens (tertiary/aromatic N) is 1. The molecule has 7 heteroatoms. The molecule has 0 heterocycles. The number of anilines is 1. The Kier molecular flexibility index (Phi) is 5.81. The van der Waals surface area contributed by atoms with Crippen molar-refractivity contribution in [3.63, 3.8) is 0 Å². The van der Waals surface area contributed by atoms with Gasteiger partial charge in [0.1, 0.15) is 11.8 Å². The lowest BCUT2D eigenvalue weighted by Gasteiger charge is -2.08. The lowest BCUT2D eigenvalue weighted by Crippen LogP contribution is -2.15. The van der Waals surface area contributed by atoms with Gasteiger partial charge in [0.05, 0.1) is 5.56 Å². The Morgan fingerprint density at radius 2 is 1.69 bits per heavy atom. The minimum Gasteiger partial charge on any atom is -0.506 e. The van der Waals surface area contributed by atoms with Crippen LogP contribution < -0.4 is 5.32 Å². The number of hydrogen-bond acceptors (Lipinski definition) is 3. The molecule has 0 aromatic heterocycles. The number of hydrogen-bond donors (Lipinski definition) is 2. The van der Waals surface area contributed by atoms with Gasteiger partial charge in [-0.1, -0.05) is 36.4 Å². The summed E-state index contributed by atoms with van der Waals surface area (Å²) in [5.74, 6) is -1.48. The van der Waals surface area contributed by atoms with Crippen LogP contribution in [0.3, 0.4) is 0 Å². The Balaban J connectivity index is 2.15. The molecule has 0 aliphatic rings. The van der Waals surface area contributed by atoms with E-state index in [1.54, 1.807) is 30.3 Å². The number of allylic oxidation sites excluding steroid dienone is 1. The first-order valence-electron chi connectivity index (χ1n) is 7.36. The second-order valence-corrected chi connectivity index (χ2v) is 5.15. The molecule has 4 nitrogen and oxygen atoms in total. The van der Waals surface area contributed by atoms with E-state index in [0.29, 0.717) is 0 Å². The molecule has 1 amide bonds. The number of carbonyl (C=O) groups is 1. The molecule has 0 saturated carbocycles. The van der Waals surface area contributed by atoms with Crippen molar-refractivity contribution < 1.29 is 23.1 Å². The smallest absolute Gasteiger partial charge is 0.416 e. The van der Waals surface area contributed by atoms with Crippen LogP contribution in [0.2, 0.25) is 0 Å². The zero-order valence-corrected chi connectivity index (χ0v) is 13.3. The van der Waals surface area contributed by atoms with Gasteiger partial charge in [-0.25, -0.2) is 0 Å². The molecule has 2 aromatic rings. The molecular formula is C19H13F3N2O2. The summed E-state index contributed by atoms with van der Waals surface area (Å²) in [6, 6.07) is 14.2. The zero-order valence-electron chi connectivity index (χ0n) is 13.3. The van der Waals surface area contributed by atoms with Crippen LogP contribution in [0.5, 0.6) is 0 Å². The quantitative estimate of drug-likeness (QED) is 0.360. The van der Waals surface area contributed by atoms with E-state index in [-0.39, 0.29) is 5.69 Å². The highest BCUT2D eigenvalue weighted by atomic mass is 19.4. The molecule has 0 radical (unpaired) electrons. The third kappa shape index (κ3) is 4.98. The summed E-state index contributed by atoms with van der Waals surface area (Å²) in [6.45, 7) is 0. The predicted octanol–water partition coefficient (Wildman–Crippen LogP) is 4.69. The minimum absolute atomic E-state index is 0.0654. The Morgan fingerprint density at radius 3 is 2.23 bits per heavy atom. The van der Waals surface area contributed by atoms with Gasteiger partial charge in [0.2, 0.25) is 0 Å². The van der Waals surface area contributed by atoms with Crippen LogP contribution in [0.25, 0.3) is 6.08 Å². The van der Waals surface area contributed by atoms with Crippen LogP contribution in [0.1, 0.15) is 11.1 Å². The number of aliphatic hydroxyl groups is 1. The van der Waals surface area contributed by atoms with Gasteiger partial charge in [0.25, 0.3) is 5.91 Å². The van der Waals surface area contributed by atoms with Crippen LogP contribution in [-0.4, -0.2) is 11.0 Å². The number of carbonyl (C=O) groups excluding carboxylic acids is 1. The fraction of sp³-hybridized carbons (Fsp3) is 0.0526. The summed E-state index contributed by atoms with van der Waals surface area (Å²) in [4.78, 5) is 12.1. The van der Waals surface area contributed by atoms with E-state index < -0.39 is 29.0 Å². The SMILES string of the molecule is N#CC(C(=O)Nc1ccc(C(F)(F)F)cc1)=C(O)C=Cc1ccccc1. The van der Waals surface area contributed by atoms with Crippen LogP contribution in [0.15, 0.2) is 72.0 Å². The van der Waals surface area contributed by atoms with Gasteiger partial charge in [-0.15, -0.1) is 0 Å². The fourth-order valence-electron chi connectivity index (χ4n) is 1.98. The van der Waals surface area contributed by atoms with Crippen molar-refractivity contribution >= 4 is 17.7 Å². The summed E-state index contributed by atoms with van der Waals surface area (Å²) in [5.41, 5.74) is -0.604. The number of nitriles is 1. The van der Waals surface area contributed by atoms with Crippen molar-refractivity contribution in [3.05, 3.63) is 83.1 Å². The maximum absolute atomic E-state index is 12.5. The molecule has 0 bridgehead atoms. The van der Waals surface area contributed by atoms with E-state index in [0.717, 1.165) is 29.8 Å². The number of nitrogens with one attached hydrogen (secondary N) is 1. The Hall–Kier alpha value is -3.53. The number of halogens is 3. The van der Waals surface area contributed by atoms with Crippen molar-refractivity contribution in [2.45, 2.75) is 6.18 Å². The summed E-state index contributed by atoms with van der Waals surface area (Å²) >= 11 is 0. The number of aliphatic hydroxyl groups excluding tert-OH is 1. The van der Waals surface area contributed by atoms with E-state index in [9.17, 15) is 23.1 Å². The highest BCUT2D eigenvalue weighted by Crippen LogP contribution is 2.29. The van der Waals surface area contributed by atoms with Crippen LogP contribution in [0, 0.1) is 11.3 Å². The number of rotatable bonds is 4. The molecule has 0 fully saturated rings. The van der Waals surface area contributed by atoms with Gasteiger partial charge in [0.15, 0.2) is 5.57 Å². The maximum atomic E-state index is 12.5. The lowest BCUT2D eigenvalue weighted by molar-refractivity contribution is -0.137. The van der Waals surface area contributed by atoms with E-state index in [2.05, 4.69) is 5.32 Å². The van der Waals surface area contributed by atoms with Gasteiger partial charge >= 0.3 is 6.18 Å². The highest BCUT2D eigenvalue weighted by molar-refractivity contribution is 6.07. The van der Waals surface area contributed by atoms with Gasteiger partial charge in [-0.05, 0) is 35.9 Å². The molecule has 26 heavy (non-hydrogen) atoms. The minimum atomic E-state index is -4.49. The van der Waals surface area contributed by atoms with Gasteiger partial charge in [-0.3, -0.25) is 4.79 Å². The zero-order chi connectivity index (χ0) is 19.2. The van der Waals surface area contributed by atoms with Crippen molar-refractivity contribution in [1.82, 2.24) is 0 Å². The lowest BCUT2D eigenvalue weighted by atomic mass is 10.1. The van der Waals surface area contributed by atoms with Gasteiger partial charge in [0, 0.05) is 5.69 Å². The largest absolute Gasteiger partial charge is 0.506 e. The van der Waals surface area contributed by atoms with Crippen LogP contribution in [0.4, 0.5) is 18.9 Å². The molecular weight excluding hydrogens is 345 g/mol. The van der Waals surface area contributed by atoms with Crippen molar-refractivity contribution in [2.75, 3.05) is 5.32 Å². The third-order valence-electron chi connectivity index (χ3n) is 3.30. The number of alkyl halides is 3. The summed E-state index contributed by atoms with van der Waals surface area (Å²) in [6.07, 6.45) is -1.78. The Morgan fingerprint density at radius 1 is 1.08 bits per heavy atom. The third-order valence-corrected chi connectivity index (χ3v) is 3.30. The van der Waals surface area contributed by atoms with Crippen LogP contribution in [-0.2, 0) is 11.0 Å². The average molecular weight is 358 g/mol. The van der Waals surface area contributed by atoms with E-state index in [1.165, 1.54) is 12.2 Å². The first kappa shape index (κ1) is 18.8. The van der Waals surface area contributed by atoms with Crippen molar-refractivity contribution in [1.29, 1.82) is 5.26 Å². The molecule has 2 rings (SSSR count). The standard InChI is InChI=1S/C19H13F3N2O2/c20-19(21,22)14-7-9-15(10-8-14)24-18(26)16(12-23)17(25)11-6-13-4-2-1-3-5-13/h1-11,25H,(H,24,26). The molecule has 0 atom stereocenters. The average Bonchev–Trinajstić information content (AvgIpc) is 2.61. The normalized spacial score (nSPS) is 12.4. The molecule has 2 aromatic carbocycles. The number of benzene rings is 2. The molecule has 2 N–H and O–H groups in total. The van der Waals surface area contributed by atoms with Gasteiger partial charge in [-0.2, -0.15) is 18.4 Å². The van der Waals surface area contributed by atoms with E-state index >= 15 is 0 Å². The fourth-order valence-corrected chi connectivity index (χ4v) is 1.98.